The zero-order valence-electron chi connectivity index (χ0n) is 13.3. The van der Waals surface area contributed by atoms with Crippen LogP contribution in [0.3, 0.4) is 0 Å². The van der Waals surface area contributed by atoms with Gasteiger partial charge in [0.05, 0.1) is 6.54 Å². The van der Waals surface area contributed by atoms with Crippen LogP contribution in [-0.4, -0.2) is 18.5 Å². The lowest BCUT2D eigenvalue weighted by Gasteiger charge is -2.35. The molecule has 0 aliphatic heterocycles. The molecule has 1 amide bonds. The van der Waals surface area contributed by atoms with Crippen LogP contribution in [0.5, 0.6) is 0 Å². The zero-order chi connectivity index (χ0) is 15.1. The lowest BCUT2D eigenvalue weighted by Crippen LogP contribution is -2.45. The van der Waals surface area contributed by atoms with Crippen molar-refractivity contribution >= 4 is 5.91 Å². The van der Waals surface area contributed by atoms with E-state index in [1.54, 1.807) is 0 Å². The van der Waals surface area contributed by atoms with E-state index in [2.05, 4.69) is 24.5 Å². The summed E-state index contributed by atoms with van der Waals surface area (Å²) in [4.78, 5) is 12.0. The van der Waals surface area contributed by atoms with Gasteiger partial charge in [-0.25, -0.2) is 0 Å². The summed E-state index contributed by atoms with van der Waals surface area (Å²) in [7, 11) is 0. The average molecular weight is 288 g/mol. The third-order valence-electron chi connectivity index (χ3n) is 4.53. The van der Waals surface area contributed by atoms with Gasteiger partial charge in [-0.3, -0.25) is 4.79 Å². The van der Waals surface area contributed by atoms with Crippen LogP contribution in [-0.2, 0) is 11.3 Å². The van der Waals surface area contributed by atoms with E-state index in [0.717, 1.165) is 5.56 Å². The molecule has 0 spiro atoms. The van der Waals surface area contributed by atoms with Crippen molar-refractivity contribution in [3.8, 4) is 0 Å². The second kappa shape index (κ2) is 8.18. The fraction of sp³-hybridized carbons (Fsp3) is 0.611. The predicted octanol–water partition coefficient (Wildman–Crippen LogP) is 3.11. The van der Waals surface area contributed by atoms with Gasteiger partial charge >= 0.3 is 0 Å². The number of carbonyl (C=O) groups is 1. The molecule has 3 nitrogen and oxygen atoms in total. The lowest BCUT2D eigenvalue weighted by atomic mass is 9.78. The molecule has 3 heteroatoms. The van der Waals surface area contributed by atoms with Crippen LogP contribution in [0, 0.1) is 11.8 Å². The highest BCUT2D eigenvalue weighted by Gasteiger charge is 2.27. The Labute approximate surface area is 128 Å². The van der Waals surface area contributed by atoms with Gasteiger partial charge in [-0.15, -0.1) is 0 Å². The van der Waals surface area contributed by atoms with E-state index in [-0.39, 0.29) is 5.91 Å². The molecule has 21 heavy (non-hydrogen) atoms. The second-order valence-corrected chi connectivity index (χ2v) is 6.44. The maximum atomic E-state index is 12.0. The summed E-state index contributed by atoms with van der Waals surface area (Å²) in [5.41, 5.74) is 1.14. The predicted molar refractivity (Wildman–Crippen MR) is 86.9 cm³/mol. The zero-order valence-corrected chi connectivity index (χ0v) is 13.3. The van der Waals surface area contributed by atoms with Gasteiger partial charge in [-0.05, 0) is 30.2 Å². The van der Waals surface area contributed by atoms with Crippen LogP contribution in [0.25, 0.3) is 0 Å². The molecule has 1 aliphatic rings. The summed E-state index contributed by atoms with van der Waals surface area (Å²) in [6.07, 6.45) is 5.11. The van der Waals surface area contributed by atoms with Crippen molar-refractivity contribution in [2.24, 2.45) is 11.8 Å². The van der Waals surface area contributed by atoms with Crippen molar-refractivity contribution in [2.45, 2.75) is 52.1 Å². The highest BCUT2D eigenvalue weighted by atomic mass is 16.1. The van der Waals surface area contributed by atoms with Crippen LogP contribution in [0.1, 0.15) is 45.1 Å². The van der Waals surface area contributed by atoms with Crippen LogP contribution < -0.4 is 10.6 Å². The number of carbonyl (C=O) groups excluding carboxylic acids is 1. The van der Waals surface area contributed by atoms with Crippen LogP contribution in [0.15, 0.2) is 30.3 Å². The number of hydrogen-bond acceptors (Lipinski definition) is 2. The Kier molecular flexibility index (Phi) is 6.24. The molecule has 0 heterocycles. The molecule has 0 aromatic heterocycles. The molecular weight excluding hydrogens is 260 g/mol. The Morgan fingerprint density at radius 3 is 2.62 bits per heavy atom. The first-order valence-corrected chi connectivity index (χ1v) is 8.21. The number of hydrogen-bond donors (Lipinski definition) is 2. The molecule has 0 saturated heterocycles. The summed E-state index contributed by atoms with van der Waals surface area (Å²) in [5, 5.41) is 6.46. The van der Waals surface area contributed by atoms with Crippen molar-refractivity contribution in [3.05, 3.63) is 35.9 Å². The van der Waals surface area contributed by atoms with Crippen molar-refractivity contribution in [2.75, 3.05) is 6.54 Å². The Morgan fingerprint density at radius 2 is 1.90 bits per heavy atom. The van der Waals surface area contributed by atoms with Crippen molar-refractivity contribution in [1.29, 1.82) is 0 Å². The molecule has 0 bridgehead atoms. The molecule has 1 fully saturated rings. The van der Waals surface area contributed by atoms with Gasteiger partial charge in [0.2, 0.25) is 5.91 Å². The Bertz CT molecular complexity index is 430. The van der Waals surface area contributed by atoms with Gasteiger partial charge in [0, 0.05) is 12.6 Å². The summed E-state index contributed by atoms with van der Waals surface area (Å²) in [6.45, 7) is 5.63. The van der Waals surface area contributed by atoms with E-state index >= 15 is 0 Å². The van der Waals surface area contributed by atoms with E-state index in [1.165, 1.54) is 25.7 Å². The van der Waals surface area contributed by atoms with E-state index in [0.29, 0.717) is 31.0 Å². The molecule has 2 atom stereocenters. The minimum atomic E-state index is 0.0898. The summed E-state index contributed by atoms with van der Waals surface area (Å²) in [5.74, 6) is 1.49. The summed E-state index contributed by atoms with van der Waals surface area (Å²) < 4.78 is 0. The first kappa shape index (κ1) is 16.0. The second-order valence-electron chi connectivity index (χ2n) is 6.44. The highest BCUT2D eigenvalue weighted by molar-refractivity contribution is 5.78. The van der Waals surface area contributed by atoms with E-state index < -0.39 is 0 Å². The maximum Gasteiger partial charge on any atom is 0.234 e. The summed E-state index contributed by atoms with van der Waals surface area (Å²) >= 11 is 0. The molecule has 1 aromatic carbocycles. The van der Waals surface area contributed by atoms with Crippen LogP contribution >= 0.6 is 0 Å². The monoisotopic (exact) mass is 288 g/mol. The minimum Gasteiger partial charge on any atom is -0.351 e. The van der Waals surface area contributed by atoms with Gasteiger partial charge in [0.25, 0.3) is 0 Å². The van der Waals surface area contributed by atoms with E-state index in [4.69, 9.17) is 0 Å². The lowest BCUT2D eigenvalue weighted by molar-refractivity contribution is -0.120. The Balaban J connectivity index is 1.72. The molecule has 116 valence electrons. The largest absolute Gasteiger partial charge is 0.351 e. The topological polar surface area (TPSA) is 41.1 Å². The summed E-state index contributed by atoms with van der Waals surface area (Å²) in [6, 6.07) is 10.5. The molecule has 2 N–H and O–H groups in total. The quantitative estimate of drug-likeness (QED) is 0.844. The third kappa shape index (κ3) is 5.16. The maximum absolute atomic E-state index is 12.0. The van der Waals surface area contributed by atoms with Gasteiger partial charge in [0.1, 0.15) is 0 Å². The highest BCUT2D eigenvalue weighted by Crippen LogP contribution is 2.29. The van der Waals surface area contributed by atoms with Crippen LogP contribution in [0.4, 0.5) is 0 Å². The number of rotatable bonds is 6. The van der Waals surface area contributed by atoms with Gasteiger partial charge in [0.15, 0.2) is 0 Å². The Morgan fingerprint density at radius 1 is 1.19 bits per heavy atom. The van der Waals surface area contributed by atoms with Crippen molar-refractivity contribution in [3.63, 3.8) is 0 Å². The standard InChI is InChI=1S/C18H28N2O/c1-14(2)16-10-6-7-11-17(16)19-13-18(21)20-12-15-8-4-3-5-9-15/h3-5,8-9,14,16-17,19H,6-7,10-13H2,1-2H3,(H,20,21)/t16-,17+/m0/s1. The fourth-order valence-electron chi connectivity index (χ4n) is 3.29. The molecule has 0 radical (unpaired) electrons. The first-order chi connectivity index (χ1) is 10.2. The minimum absolute atomic E-state index is 0.0898. The molecular formula is C18H28N2O. The molecule has 0 unspecified atom stereocenters. The van der Waals surface area contributed by atoms with Gasteiger partial charge in [-0.2, -0.15) is 0 Å². The Hall–Kier alpha value is -1.35. The first-order valence-electron chi connectivity index (χ1n) is 8.21. The van der Waals surface area contributed by atoms with Gasteiger partial charge < -0.3 is 10.6 Å². The van der Waals surface area contributed by atoms with Crippen molar-refractivity contribution < 1.29 is 4.79 Å². The SMILES string of the molecule is CC(C)[C@@H]1CCCC[C@H]1NCC(=O)NCc1ccccc1. The van der Waals surface area contributed by atoms with E-state index in [9.17, 15) is 4.79 Å². The van der Waals surface area contributed by atoms with Gasteiger partial charge in [-0.1, -0.05) is 57.0 Å². The molecule has 2 rings (SSSR count). The molecule has 1 saturated carbocycles. The van der Waals surface area contributed by atoms with Crippen molar-refractivity contribution in [1.82, 2.24) is 10.6 Å². The fourth-order valence-corrected chi connectivity index (χ4v) is 3.29. The number of amides is 1. The smallest absolute Gasteiger partial charge is 0.234 e. The van der Waals surface area contributed by atoms with Crippen LogP contribution in [0.2, 0.25) is 0 Å². The van der Waals surface area contributed by atoms with E-state index in [1.807, 2.05) is 30.3 Å². The molecule has 1 aliphatic carbocycles. The number of nitrogens with one attached hydrogen (secondary N) is 2. The third-order valence-corrected chi connectivity index (χ3v) is 4.53. The normalized spacial score (nSPS) is 22.2. The average Bonchev–Trinajstić information content (AvgIpc) is 2.52. The number of benzene rings is 1. The molecule has 1 aromatic rings.